The fourth-order valence-corrected chi connectivity index (χ4v) is 3.25. The van der Waals surface area contributed by atoms with E-state index in [0.717, 1.165) is 25.7 Å². The summed E-state index contributed by atoms with van der Waals surface area (Å²) in [4.78, 5) is 40.1. The molecule has 0 bridgehead atoms. The predicted octanol–water partition coefficient (Wildman–Crippen LogP) is 1.98. The second kappa shape index (κ2) is 7.11. The first-order valence-electron chi connectivity index (χ1n) is 8.94. The molecule has 1 aliphatic heterocycles. The zero-order valence-electron chi connectivity index (χ0n) is 15.2. The molecule has 1 saturated carbocycles. The molecule has 2 unspecified atom stereocenters. The Kier molecular flexibility index (Phi) is 5.56. The Balaban J connectivity index is 2.04. The molecule has 2 amide bonds. The van der Waals surface area contributed by atoms with Crippen LogP contribution in [0.25, 0.3) is 0 Å². The monoisotopic (exact) mass is 338 g/mol. The first kappa shape index (κ1) is 18.7. The van der Waals surface area contributed by atoms with Crippen LogP contribution in [-0.2, 0) is 14.4 Å². The first-order chi connectivity index (χ1) is 11.1. The zero-order chi connectivity index (χ0) is 18.1. The van der Waals surface area contributed by atoms with Crippen LogP contribution in [0.2, 0.25) is 0 Å². The fraction of sp³-hybridized carbons (Fsp3) is 0.833. The summed E-state index contributed by atoms with van der Waals surface area (Å²) in [6.45, 7) is 8.75. The average molecular weight is 338 g/mol. The van der Waals surface area contributed by atoms with E-state index in [9.17, 15) is 14.4 Å². The maximum Gasteiger partial charge on any atom is 0.308 e. The number of likely N-dealkylation sites (tertiary alicyclic amines) is 1. The van der Waals surface area contributed by atoms with Crippen LogP contribution in [0, 0.1) is 17.3 Å². The van der Waals surface area contributed by atoms with E-state index < -0.39 is 17.3 Å². The van der Waals surface area contributed by atoms with Gasteiger partial charge in [0.2, 0.25) is 11.8 Å². The lowest BCUT2D eigenvalue weighted by Crippen LogP contribution is -2.50. The van der Waals surface area contributed by atoms with Gasteiger partial charge in [-0.05, 0) is 25.7 Å². The summed E-state index contributed by atoms with van der Waals surface area (Å²) in [6, 6.07) is 0.188. The molecule has 6 heteroatoms. The van der Waals surface area contributed by atoms with E-state index >= 15 is 0 Å². The molecule has 0 spiro atoms. The third kappa shape index (κ3) is 4.48. The van der Waals surface area contributed by atoms with Gasteiger partial charge in [0.15, 0.2) is 0 Å². The van der Waals surface area contributed by atoms with Gasteiger partial charge in [-0.1, -0.05) is 27.7 Å². The molecular formula is C18H30N2O4. The minimum Gasteiger partial charge on any atom is -0.481 e. The van der Waals surface area contributed by atoms with Gasteiger partial charge in [-0.15, -0.1) is 0 Å². The van der Waals surface area contributed by atoms with Gasteiger partial charge in [0.1, 0.15) is 0 Å². The lowest BCUT2D eigenvalue weighted by atomic mass is 9.90. The van der Waals surface area contributed by atoms with Crippen molar-refractivity contribution < 1.29 is 19.5 Å². The van der Waals surface area contributed by atoms with Gasteiger partial charge in [0.25, 0.3) is 0 Å². The zero-order valence-corrected chi connectivity index (χ0v) is 15.2. The molecule has 2 rings (SSSR count). The minimum absolute atomic E-state index is 0.0250. The standard InChI is InChI=1S/C18H30N2O4/c1-12(16(22)23)10-20(14-7-8-14)15(21)13-6-5-9-19(11-13)17(24)18(2,3)4/h12-14H,5-11H2,1-4H3,(H,22,23). The molecular weight excluding hydrogens is 308 g/mol. The van der Waals surface area contributed by atoms with Crippen molar-refractivity contribution in [3.05, 3.63) is 0 Å². The summed E-state index contributed by atoms with van der Waals surface area (Å²) >= 11 is 0. The van der Waals surface area contributed by atoms with Crippen molar-refractivity contribution in [3.8, 4) is 0 Å². The summed E-state index contributed by atoms with van der Waals surface area (Å²) in [7, 11) is 0. The molecule has 6 nitrogen and oxygen atoms in total. The highest BCUT2D eigenvalue weighted by Crippen LogP contribution is 2.31. The lowest BCUT2D eigenvalue weighted by Gasteiger charge is -2.38. The Morgan fingerprint density at radius 2 is 1.83 bits per heavy atom. The molecule has 0 aromatic heterocycles. The van der Waals surface area contributed by atoms with Crippen LogP contribution in [0.4, 0.5) is 0 Å². The van der Waals surface area contributed by atoms with E-state index in [-0.39, 0.29) is 30.3 Å². The summed E-state index contributed by atoms with van der Waals surface area (Å²) in [5.74, 6) is -1.53. The molecule has 0 aromatic rings. The van der Waals surface area contributed by atoms with Crippen molar-refractivity contribution >= 4 is 17.8 Å². The van der Waals surface area contributed by atoms with Gasteiger partial charge in [-0.3, -0.25) is 14.4 Å². The maximum absolute atomic E-state index is 13.0. The van der Waals surface area contributed by atoms with Crippen molar-refractivity contribution in [1.82, 2.24) is 9.80 Å². The van der Waals surface area contributed by atoms with E-state index in [4.69, 9.17) is 5.11 Å². The average Bonchev–Trinajstić information content (AvgIpc) is 3.34. The number of nitrogens with zero attached hydrogens (tertiary/aromatic N) is 2. The van der Waals surface area contributed by atoms with Crippen LogP contribution in [0.3, 0.4) is 0 Å². The quantitative estimate of drug-likeness (QED) is 0.831. The smallest absolute Gasteiger partial charge is 0.308 e. The molecule has 1 aliphatic carbocycles. The lowest BCUT2D eigenvalue weighted by molar-refractivity contribution is -0.147. The molecule has 0 aromatic carbocycles. The van der Waals surface area contributed by atoms with E-state index in [1.54, 1.807) is 16.7 Å². The van der Waals surface area contributed by atoms with Crippen molar-refractivity contribution in [3.63, 3.8) is 0 Å². The first-order valence-corrected chi connectivity index (χ1v) is 8.94. The second-order valence-corrected chi connectivity index (χ2v) is 8.30. The predicted molar refractivity (Wildman–Crippen MR) is 90.3 cm³/mol. The maximum atomic E-state index is 13.0. The van der Waals surface area contributed by atoms with Crippen LogP contribution in [0.1, 0.15) is 53.4 Å². The van der Waals surface area contributed by atoms with Gasteiger partial charge in [-0.25, -0.2) is 0 Å². The van der Waals surface area contributed by atoms with Gasteiger partial charge in [0, 0.05) is 31.1 Å². The van der Waals surface area contributed by atoms with E-state index in [1.165, 1.54) is 0 Å². The van der Waals surface area contributed by atoms with Crippen LogP contribution < -0.4 is 0 Å². The van der Waals surface area contributed by atoms with Crippen molar-refractivity contribution in [1.29, 1.82) is 0 Å². The Morgan fingerprint density at radius 1 is 1.21 bits per heavy atom. The van der Waals surface area contributed by atoms with E-state index in [1.807, 2.05) is 20.8 Å². The van der Waals surface area contributed by atoms with Crippen LogP contribution in [-0.4, -0.2) is 58.4 Å². The number of aliphatic carboxylic acids is 1. The normalized spacial score (nSPS) is 22.8. The van der Waals surface area contributed by atoms with Crippen molar-refractivity contribution in [2.24, 2.45) is 17.3 Å². The molecule has 136 valence electrons. The fourth-order valence-electron chi connectivity index (χ4n) is 3.25. The summed E-state index contributed by atoms with van der Waals surface area (Å²) < 4.78 is 0. The number of carbonyl (C=O) groups is 3. The van der Waals surface area contributed by atoms with Crippen LogP contribution >= 0.6 is 0 Å². The molecule has 2 aliphatic rings. The Morgan fingerprint density at radius 3 is 2.33 bits per heavy atom. The van der Waals surface area contributed by atoms with Gasteiger partial charge >= 0.3 is 5.97 Å². The third-order valence-corrected chi connectivity index (χ3v) is 4.86. The third-order valence-electron chi connectivity index (χ3n) is 4.86. The SMILES string of the molecule is CC(CN(C(=O)C1CCCN(C(=O)C(C)(C)C)C1)C1CC1)C(=O)O. The molecule has 0 radical (unpaired) electrons. The number of amides is 2. The molecule has 1 heterocycles. The Hall–Kier alpha value is -1.59. The number of carboxylic acid groups (broad SMARTS) is 1. The molecule has 2 atom stereocenters. The summed E-state index contributed by atoms with van der Waals surface area (Å²) in [5.41, 5.74) is -0.445. The number of hydrogen-bond acceptors (Lipinski definition) is 3. The summed E-state index contributed by atoms with van der Waals surface area (Å²) in [6.07, 6.45) is 3.51. The Bertz CT molecular complexity index is 508. The topological polar surface area (TPSA) is 77.9 Å². The van der Waals surface area contributed by atoms with Crippen LogP contribution in [0.5, 0.6) is 0 Å². The van der Waals surface area contributed by atoms with E-state index in [2.05, 4.69) is 0 Å². The highest BCUT2D eigenvalue weighted by molar-refractivity contribution is 5.84. The highest BCUT2D eigenvalue weighted by Gasteiger charge is 2.40. The van der Waals surface area contributed by atoms with Gasteiger partial charge in [-0.2, -0.15) is 0 Å². The summed E-state index contributed by atoms with van der Waals surface area (Å²) in [5, 5.41) is 9.14. The number of rotatable bonds is 5. The molecule has 24 heavy (non-hydrogen) atoms. The van der Waals surface area contributed by atoms with Crippen LogP contribution in [0.15, 0.2) is 0 Å². The number of hydrogen-bond donors (Lipinski definition) is 1. The van der Waals surface area contributed by atoms with Gasteiger partial charge in [0.05, 0.1) is 11.8 Å². The second-order valence-electron chi connectivity index (χ2n) is 8.30. The van der Waals surface area contributed by atoms with Crippen molar-refractivity contribution in [2.75, 3.05) is 19.6 Å². The van der Waals surface area contributed by atoms with Gasteiger partial charge < -0.3 is 14.9 Å². The molecule has 1 N–H and O–H groups in total. The number of carboxylic acids is 1. The molecule has 1 saturated heterocycles. The number of carbonyl (C=O) groups excluding carboxylic acids is 2. The van der Waals surface area contributed by atoms with Crippen molar-refractivity contribution in [2.45, 2.75) is 59.4 Å². The van der Waals surface area contributed by atoms with E-state index in [0.29, 0.717) is 13.1 Å². The largest absolute Gasteiger partial charge is 0.481 e. The Labute approximate surface area is 144 Å². The number of piperidine rings is 1. The molecule has 2 fully saturated rings. The highest BCUT2D eigenvalue weighted by atomic mass is 16.4. The minimum atomic E-state index is -0.873.